The Hall–Kier alpha value is -3.36. The smallest absolute Gasteiger partial charge is 0.274 e. The summed E-state index contributed by atoms with van der Waals surface area (Å²) >= 11 is 4.97. The fourth-order valence-corrected chi connectivity index (χ4v) is 5.22. The SMILES string of the molecule is CCOc1cc(/C=c2\sc3nc4ccccc4n3c2=O)cc(Br)c1OCCOc1ccccc1. The Morgan fingerprint density at radius 2 is 1.76 bits per heavy atom. The predicted octanol–water partition coefficient (Wildman–Crippen LogP) is 5.08. The standard InChI is InChI=1S/C26H21BrN2O4S/c1-2-31-22-15-17(14-19(27)24(22)33-13-12-32-18-8-4-3-5-9-18)16-23-25(30)29-21-11-7-6-10-20(21)28-26(29)34-23/h3-11,14-16H,2,12-13H2,1H3/b23-16-. The Labute approximate surface area is 208 Å². The predicted molar refractivity (Wildman–Crippen MR) is 138 cm³/mol. The number of thiazole rings is 1. The molecule has 0 amide bonds. The number of aromatic nitrogens is 2. The van der Waals surface area contributed by atoms with Gasteiger partial charge in [-0.15, -0.1) is 0 Å². The lowest BCUT2D eigenvalue weighted by molar-refractivity contribution is 0.207. The van der Waals surface area contributed by atoms with Crippen molar-refractivity contribution in [2.75, 3.05) is 19.8 Å². The van der Waals surface area contributed by atoms with E-state index in [4.69, 9.17) is 14.2 Å². The van der Waals surface area contributed by atoms with E-state index in [1.54, 1.807) is 4.40 Å². The molecule has 2 heterocycles. The highest BCUT2D eigenvalue weighted by atomic mass is 79.9. The molecule has 0 saturated heterocycles. The molecule has 0 spiro atoms. The van der Waals surface area contributed by atoms with Crippen LogP contribution in [0.4, 0.5) is 0 Å². The number of hydrogen-bond acceptors (Lipinski definition) is 6. The molecule has 0 radical (unpaired) electrons. The van der Waals surface area contributed by atoms with Gasteiger partial charge in [0.2, 0.25) is 0 Å². The van der Waals surface area contributed by atoms with Crippen molar-refractivity contribution in [3.05, 3.63) is 91.7 Å². The molecule has 0 fully saturated rings. The maximum Gasteiger partial charge on any atom is 0.274 e. The van der Waals surface area contributed by atoms with E-state index in [0.717, 1.165) is 26.8 Å². The zero-order chi connectivity index (χ0) is 23.5. The molecule has 172 valence electrons. The first-order valence-electron chi connectivity index (χ1n) is 10.8. The van der Waals surface area contributed by atoms with Crippen molar-refractivity contribution in [2.45, 2.75) is 6.92 Å². The molecule has 6 nitrogen and oxygen atoms in total. The van der Waals surface area contributed by atoms with Crippen LogP contribution >= 0.6 is 27.3 Å². The van der Waals surface area contributed by atoms with Gasteiger partial charge in [-0.25, -0.2) is 9.38 Å². The van der Waals surface area contributed by atoms with Crippen LogP contribution < -0.4 is 24.3 Å². The second-order valence-corrected chi connectivity index (χ2v) is 9.27. The van der Waals surface area contributed by atoms with Crippen LogP contribution in [0.15, 0.2) is 76.0 Å². The van der Waals surface area contributed by atoms with E-state index in [9.17, 15) is 4.79 Å². The Kier molecular flexibility index (Phi) is 6.51. The molecular formula is C26H21BrN2O4S. The fraction of sp³-hybridized carbons (Fsp3) is 0.154. The fourth-order valence-electron chi connectivity index (χ4n) is 3.66. The summed E-state index contributed by atoms with van der Waals surface area (Å²) in [5.74, 6) is 2.00. The average Bonchev–Trinajstić information content (AvgIpc) is 3.35. The minimum absolute atomic E-state index is 0.0823. The highest BCUT2D eigenvalue weighted by Gasteiger charge is 2.14. The second-order valence-electron chi connectivity index (χ2n) is 7.41. The van der Waals surface area contributed by atoms with Crippen molar-refractivity contribution < 1.29 is 14.2 Å². The summed E-state index contributed by atoms with van der Waals surface area (Å²) in [6.45, 7) is 3.16. The summed E-state index contributed by atoms with van der Waals surface area (Å²) in [5, 5.41) is 0. The molecule has 0 aliphatic rings. The third-order valence-electron chi connectivity index (χ3n) is 5.12. The molecule has 5 rings (SSSR count). The number of halogens is 1. The van der Waals surface area contributed by atoms with Gasteiger partial charge in [0.25, 0.3) is 5.56 Å². The highest BCUT2D eigenvalue weighted by molar-refractivity contribution is 9.10. The van der Waals surface area contributed by atoms with Crippen molar-refractivity contribution in [1.29, 1.82) is 0 Å². The molecule has 0 aliphatic carbocycles. The summed E-state index contributed by atoms with van der Waals surface area (Å²) in [7, 11) is 0. The first-order chi connectivity index (χ1) is 16.6. The minimum Gasteiger partial charge on any atom is -0.490 e. The van der Waals surface area contributed by atoms with Crippen LogP contribution in [0.3, 0.4) is 0 Å². The van der Waals surface area contributed by atoms with Crippen LogP contribution in [-0.2, 0) is 0 Å². The monoisotopic (exact) mass is 536 g/mol. The Morgan fingerprint density at radius 1 is 1.00 bits per heavy atom. The lowest BCUT2D eigenvalue weighted by Crippen LogP contribution is -2.22. The number of para-hydroxylation sites is 3. The number of nitrogens with zero attached hydrogens (tertiary/aromatic N) is 2. The summed E-state index contributed by atoms with van der Waals surface area (Å²) in [6, 6.07) is 21.0. The van der Waals surface area contributed by atoms with Crippen molar-refractivity contribution in [2.24, 2.45) is 0 Å². The van der Waals surface area contributed by atoms with Gasteiger partial charge < -0.3 is 14.2 Å². The number of fused-ring (bicyclic) bond motifs is 3. The Balaban J connectivity index is 1.42. The van der Waals surface area contributed by atoms with Crippen LogP contribution in [0.5, 0.6) is 17.2 Å². The third kappa shape index (κ3) is 4.51. The second kappa shape index (κ2) is 9.87. The number of imidazole rings is 1. The van der Waals surface area contributed by atoms with Gasteiger partial charge in [0.1, 0.15) is 19.0 Å². The molecule has 5 aromatic rings. The molecule has 3 aromatic carbocycles. The van der Waals surface area contributed by atoms with Crippen molar-refractivity contribution in [1.82, 2.24) is 9.38 Å². The molecule has 0 saturated carbocycles. The van der Waals surface area contributed by atoms with Gasteiger partial charge in [-0.3, -0.25) is 4.79 Å². The van der Waals surface area contributed by atoms with Crippen LogP contribution in [0.2, 0.25) is 0 Å². The highest BCUT2D eigenvalue weighted by Crippen LogP contribution is 2.37. The van der Waals surface area contributed by atoms with E-state index in [0.29, 0.717) is 40.8 Å². The number of benzene rings is 3. The van der Waals surface area contributed by atoms with Gasteiger partial charge in [0.05, 0.1) is 26.6 Å². The van der Waals surface area contributed by atoms with E-state index < -0.39 is 0 Å². The van der Waals surface area contributed by atoms with Crippen LogP contribution in [0, 0.1) is 0 Å². The van der Waals surface area contributed by atoms with E-state index in [1.807, 2.05) is 79.7 Å². The lowest BCUT2D eigenvalue weighted by atomic mass is 10.2. The van der Waals surface area contributed by atoms with E-state index in [1.165, 1.54) is 11.3 Å². The quantitative estimate of drug-likeness (QED) is 0.259. The number of hydrogen-bond donors (Lipinski definition) is 0. The molecule has 0 N–H and O–H groups in total. The summed E-state index contributed by atoms with van der Waals surface area (Å²) in [4.78, 5) is 18.3. The van der Waals surface area contributed by atoms with Crippen molar-refractivity contribution >= 4 is 49.3 Å². The van der Waals surface area contributed by atoms with Gasteiger partial charge in [0, 0.05) is 0 Å². The van der Waals surface area contributed by atoms with Crippen LogP contribution in [0.25, 0.3) is 22.1 Å². The summed E-state index contributed by atoms with van der Waals surface area (Å²) in [5.41, 5.74) is 2.38. The summed E-state index contributed by atoms with van der Waals surface area (Å²) < 4.78 is 20.5. The van der Waals surface area contributed by atoms with E-state index in [-0.39, 0.29) is 5.56 Å². The molecule has 0 unspecified atom stereocenters. The average molecular weight is 537 g/mol. The first kappa shape index (κ1) is 22.4. The topological polar surface area (TPSA) is 62.1 Å². The zero-order valence-corrected chi connectivity index (χ0v) is 20.8. The largest absolute Gasteiger partial charge is 0.490 e. The lowest BCUT2D eigenvalue weighted by Gasteiger charge is -2.15. The molecule has 2 aromatic heterocycles. The van der Waals surface area contributed by atoms with Gasteiger partial charge >= 0.3 is 0 Å². The molecular weight excluding hydrogens is 516 g/mol. The summed E-state index contributed by atoms with van der Waals surface area (Å²) in [6.07, 6.45) is 1.85. The van der Waals surface area contributed by atoms with Crippen molar-refractivity contribution in [3.63, 3.8) is 0 Å². The van der Waals surface area contributed by atoms with Crippen molar-refractivity contribution in [3.8, 4) is 17.2 Å². The minimum atomic E-state index is -0.0823. The molecule has 0 aliphatic heterocycles. The van der Waals surface area contributed by atoms with Gasteiger partial charge in [0.15, 0.2) is 16.5 Å². The first-order valence-corrected chi connectivity index (χ1v) is 12.4. The van der Waals surface area contributed by atoms with Crippen LogP contribution in [-0.4, -0.2) is 29.2 Å². The maximum atomic E-state index is 13.1. The number of rotatable bonds is 8. The zero-order valence-electron chi connectivity index (χ0n) is 18.4. The third-order valence-corrected chi connectivity index (χ3v) is 6.67. The Bertz CT molecular complexity index is 1560. The molecule has 0 atom stereocenters. The Morgan fingerprint density at radius 3 is 2.59 bits per heavy atom. The maximum absolute atomic E-state index is 13.1. The van der Waals surface area contributed by atoms with Gasteiger partial charge in [-0.1, -0.05) is 41.7 Å². The van der Waals surface area contributed by atoms with Crippen LogP contribution in [0.1, 0.15) is 12.5 Å². The molecule has 8 heteroatoms. The van der Waals surface area contributed by atoms with E-state index >= 15 is 0 Å². The normalized spacial score (nSPS) is 11.9. The number of ether oxygens (including phenoxy) is 3. The van der Waals surface area contributed by atoms with E-state index in [2.05, 4.69) is 20.9 Å². The van der Waals surface area contributed by atoms with Gasteiger partial charge in [-0.05, 0) is 70.9 Å². The molecule has 34 heavy (non-hydrogen) atoms. The molecule has 0 bridgehead atoms. The van der Waals surface area contributed by atoms with Gasteiger partial charge in [-0.2, -0.15) is 0 Å².